The first-order chi connectivity index (χ1) is 7.54. The second-order valence-electron chi connectivity index (χ2n) is 3.53. The first-order valence-electron chi connectivity index (χ1n) is 4.76. The van der Waals surface area contributed by atoms with Gasteiger partial charge in [0.1, 0.15) is 4.90 Å². The molecule has 16 heavy (non-hydrogen) atoms. The topological polar surface area (TPSA) is 72.8 Å². The first kappa shape index (κ1) is 11.2. The van der Waals surface area contributed by atoms with E-state index in [1.165, 1.54) is 0 Å². The van der Waals surface area contributed by atoms with E-state index in [9.17, 15) is 8.42 Å². The van der Waals surface area contributed by atoms with Gasteiger partial charge in [0.2, 0.25) is 6.79 Å². The van der Waals surface area contributed by atoms with Crippen LogP contribution in [0.25, 0.3) is 0 Å². The summed E-state index contributed by atoms with van der Waals surface area (Å²) in [5, 5.41) is 8.89. The fourth-order valence-electron chi connectivity index (χ4n) is 1.71. The van der Waals surface area contributed by atoms with E-state index in [1.807, 2.05) is 0 Å². The van der Waals surface area contributed by atoms with Crippen molar-refractivity contribution in [3.05, 3.63) is 17.7 Å². The number of sulfone groups is 1. The standard InChI is InChI=1S/C10H12O5S/c1-16(12,13)10-7(4-5-11)2-3-8-9(10)15-6-14-8/h2-3,11H,4-6H2,1H3. The van der Waals surface area contributed by atoms with Crippen molar-refractivity contribution in [2.24, 2.45) is 0 Å². The zero-order valence-electron chi connectivity index (χ0n) is 8.76. The van der Waals surface area contributed by atoms with Crippen molar-refractivity contribution in [3.63, 3.8) is 0 Å². The Bertz CT molecular complexity index is 506. The number of benzene rings is 1. The number of fused-ring (bicyclic) bond motifs is 1. The van der Waals surface area contributed by atoms with Crippen molar-refractivity contribution in [2.45, 2.75) is 11.3 Å². The molecule has 6 heteroatoms. The lowest BCUT2D eigenvalue weighted by molar-refractivity contribution is 0.172. The average Bonchev–Trinajstić information content (AvgIpc) is 2.63. The van der Waals surface area contributed by atoms with E-state index < -0.39 is 9.84 Å². The maximum atomic E-state index is 11.7. The van der Waals surface area contributed by atoms with Crippen molar-refractivity contribution < 1.29 is 23.0 Å². The average molecular weight is 244 g/mol. The third-order valence-electron chi connectivity index (χ3n) is 2.33. The summed E-state index contributed by atoms with van der Waals surface area (Å²) in [5.41, 5.74) is 0.550. The Kier molecular flexibility index (Phi) is 2.77. The number of hydrogen-bond acceptors (Lipinski definition) is 5. The molecule has 0 atom stereocenters. The van der Waals surface area contributed by atoms with Crippen molar-refractivity contribution in [1.29, 1.82) is 0 Å². The second kappa shape index (κ2) is 3.95. The Morgan fingerprint density at radius 3 is 2.75 bits per heavy atom. The summed E-state index contributed by atoms with van der Waals surface area (Å²) >= 11 is 0. The minimum atomic E-state index is -3.40. The van der Waals surface area contributed by atoms with Crippen LogP contribution in [0.1, 0.15) is 5.56 Å². The predicted molar refractivity (Wildman–Crippen MR) is 56.5 cm³/mol. The number of ether oxygens (including phenoxy) is 2. The van der Waals surface area contributed by atoms with Crippen molar-refractivity contribution >= 4 is 9.84 Å². The SMILES string of the molecule is CS(=O)(=O)c1c(CCO)ccc2c1OCO2. The summed E-state index contributed by atoms with van der Waals surface area (Å²) < 4.78 is 33.6. The van der Waals surface area contributed by atoms with Crippen LogP contribution in [-0.2, 0) is 16.3 Å². The van der Waals surface area contributed by atoms with Gasteiger partial charge in [-0.2, -0.15) is 0 Å². The summed E-state index contributed by atoms with van der Waals surface area (Å²) in [5.74, 6) is 0.690. The Balaban J connectivity index is 2.65. The number of hydrogen-bond donors (Lipinski definition) is 1. The summed E-state index contributed by atoms with van der Waals surface area (Å²) in [4.78, 5) is 0.122. The molecule has 0 fully saturated rings. The van der Waals surface area contributed by atoms with Crippen LogP contribution in [-0.4, -0.2) is 33.2 Å². The van der Waals surface area contributed by atoms with Crippen LogP contribution in [0.4, 0.5) is 0 Å². The third-order valence-corrected chi connectivity index (χ3v) is 3.52. The molecule has 1 aromatic carbocycles. The van der Waals surface area contributed by atoms with Crippen LogP contribution in [0, 0.1) is 0 Å². The van der Waals surface area contributed by atoms with E-state index in [0.29, 0.717) is 11.3 Å². The maximum absolute atomic E-state index is 11.7. The molecule has 5 nitrogen and oxygen atoms in total. The first-order valence-corrected chi connectivity index (χ1v) is 6.65. The summed E-state index contributed by atoms with van der Waals surface area (Å²) in [7, 11) is -3.40. The highest BCUT2D eigenvalue weighted by atomic mass is 32.2. The quantitative estimate of drug-likeness (QED) is 0.830. The Labute approximate surface area is 93.5 Å². The van der Waals surface area contributed by atoms with Crippen LogP contribution in [0.5, 0.6) is 11.5 Å². The highest BCUT2D eigenvalue weighted by Crippen LogP contribution is 2.40. The summed E-state index contributed by atoms with van der Waals surface area (Å²) in [6, 6.07) is 3.29. The molecule has 0 aromatic heterocycles. The molecule has 1 aromatic rings. The summed E-state index contributed by atoms with van der Waals surface area (Å²) in [6.07, 6.45) is 1.39. The largest absolute Gasteiger partial charge is 0.454 e. The molecular weight excluding hydrogens is 232 g/mol. The van der Waals surface area contributed by atoms with E-state index in [4.69, 9.17) is 14.6 Å². The van der Waals surface area contributed by atoms with Gasteiger partial charge in [-0.3, -0.25) is 0 Å². The highest BCUT2D eigenvalue weighted by Gasteiger charge is 2.26. The fourth-order valence-corrected chi connectivity index (χ4v) is 2.85. The van der Waals surface area contributed by atoms with Gasteiger partial charge in [0.05, 0.1) is 0 Å². The molecule has 1 aliphatic heterocycles. The lowest BCUT2D eigenvalue weighted by atomic mass is 10.1. The molecule has 0 saturated carbocycles. The molecule has 0 bridgehead atoms. The zero-order valence-corrected chi connectivity index (χ0v) is 9.58. The van der Waals surface area contributed by atoms with E-state index in [0.717, 1.165) is 6.26 Å². The number of rotatable bonds is 3. The van der Waals surface area contributed by atoms with Gasteiger partial charge >= 0.3 is 0 Å². The van der Waals surface area contributed by atoms with Crippen LogP contribution >= 0.6 is 0 Å². The van der Waals surface area contributed by atoms with Gasteiger partial charge in [-0.05, 0) is 18.1 Å². The molecule has 1 N–H and O–H groups in total. The molecule has 0 radical (unpaired) electrons. The third kappa shape index (κ3) is 1.85. The molecule has 0 aliphatic carbocycles. The van der Waals surface area contributed by atoms with Gasteiger partial charge in [0.25, 0.3) is 0 Å². The van der Waals surface area contributed by atoms with Gasteiger partial charge in [-0.1, -0.05) is 6.07 Å². The molecule has 88 valence electrons. The minimum absolute atomic E-state index is 0.0282. The highest BCUT2D eigenvalue weighted by molar-refractivity contribution is 7.90. The Hall–Kier alpha value is -1.27. The van der Waals surface area contributed by atoms with Gasteiger partial charge in [-0.15, -0.1) is 0 Å². The molecule has 2 rings (SSSR count). The number of aliphatic hydroxyl groups is 1. The van der Waals surface area contributed by atoms with Gasteiger partial charge in [0, 0.05) is 12.9 Å². The van der Waals surface area contributed by atoms with Crippen molar-refractivity contribution in [2.75, 3.05) is 19.7 Å². The molecule has 0 unspecified atom stereocenters. The van der Waals surface area contributed by atoms with Crippen LogP contribution in [0.15, 0.2) is 17.0 Å². The number of aliphatic hydroxyl groups excluding tert-OH is 1. The molecule has 0 saturated heterocycles. The smallest absolute Gasteiger partial charge is 0.231 e. The van der Waals surface area contributed by atoms with Gasteiger partial charge in [-0.25, -0.2) is 8.42 Å². The van der Waals surface area contributed by atoms with Crippen LogP contribution in [0.2, 0.25) is 0 Å². The van der Waals surface area contributed by atoms with E-state index >= 15 is 0 Å². The van der Waals surface area contributed by atoms with E-state index in [1.54, 1.807) is 12.1 Å². The monoisotopic (exact) mass is 244 g/mol. The lowest BCUT2D eigenvalue weighted by Gasteiger charge is -2.09. The summed E-state index contributed by atoms with van der Waals surface area (Å²) in [6.45, 7) is -0.0808. The van der Waals surface area contributed by atoms with Gasteiger partial charge < -0.3 is 14.6 Å². The molecule has 0 amide bonds. The molecule has 1 aliphatic rings. The zero-order chi connectivity index (χ0) is 11.8. The molecular formula is C10H12O5S. The second-order valence-corrected chi connectivity index (χ2v) is 5.49. The van der Waals surface area contributed by atoms with E-state index in [2.05, 4.69) is 0 Å². The van der Waals surface area contributed by atoms with Crippen molar-refractivity contribution in [3.8, 4) is 11.5 Å². The molecule has 0 spiro atoms. The predicted octanol–water partition coefficient (Wildman–Crippen LogP) is 0.354. The Morgan fingerprint density at radius 2 is 2.12 bits per heavy atom. The Morgan fingerprint density at radius 1 is 1.38 bits per heavy atom. The lowest BCUT2D eigenvalue weighted by Crippen LogP contribution is -2.06. The maximum Gasteiger partial charge on any atom is 0.231 e. The van der Waals surface area contributed by atoms with E-state index in [-0.39, 0.29) is 30.5 Å². The molecule has 1 heterocycles. The van der Waals surface area contributed by atoms with Gasteiger partial charge in [0.15, 0.2) is 21.3 Å². The fraction of sp³-hybridized carbons (Fsp3) is 0.400. The van der Waals surface area contributed by atoms with Crippen LogP contribution < -0.4 is 9.47 Å². The van der Waals surface area contributed by atoms with Crippen LogP contribution in [0.3, 0.4) is 0 Å². The minimum Gasteiger partial charge on any atom is -0.454 e. The normalized spacial score (nSPS) is 14.1. The van der Waals surface area contributed by atoms with Crippen molar-refractivity contribution in [1.82, 2.24) is 0 Å².